The quantitative estimate of drug-likeness (QED) is 0.754. The number of benzene rings is 1. The second-order valence-corrected chi connectivity index (χ2v) is 6.66. The van der Waals surface area contributed by atoms with Crippen molar-refractivity contribution in [3.8, 4) is 0 Å². The summed E-state index contributed by atoms with van der Waals surface area (Å²) in [5, 5.41) is 3.50. The minimum atomic E-state index is -0.426. The predicted octanol–water partition coefficient (Wildman–Crippen LogP) is 3.94. The molecule has 0 amide bonds. The molecular weight excluding hydrogens is 296 g/mol. The van der Waals surface area contributed by atoms with E-state index in [2.05, 4.69) is 10.3 Å². The van der Waals surface area contributed by atoms with Crippen LogP contribution in [0.5, 0.6) is 0 Å². The molecule has 1 aliphatic rings. The summed E-state index contributed by atoms with van der Waals surface area (Å²) in [7, 11) is 0. The number of hydrogen-bond donors (Lipinski definition) is 2. The first-order chi connectivity index (χ1) is 9.69. The Balaban J connectivity index is 1.66. The lowest BCUT2D eigenvalue weighted by Gasteiger charge is -2.14. The van der Waals surface area contributed by atoms with Gasteiger partial charge in [0, 0.05) is 10.6 Å². The first-order valence-electron chi connectivity index (χ1n) is 6.36. The number of anilines is 1. The molecule has 2 N–H and O–H groups in total. The molecule has 2 heterocycles. The zero-order valence-electron chi connectivity index (χ0n) is 10.4. The van der Waals surface area contributed by atoms with Crippen LogP contribution in [0.1, 0.15) is 22.9 Å². The molecule has 2 aromatic heterocycles. The lowest BCUT2D eigenvalue weighted by atomic mass is 10.1. The number of aryl methyl sites for hydroxylation is 1. The standard InChI is InChI=1S/C14H11ClN2O2S/c15-13-6-8-9(2-4-12(8)20-13)16-7-1-3-11-10(5-7)17-14(18)19-11/h1,3,5-6,9,16H,2,4H2,(H,17,18). The number of fused-ring (bicyclic) bond motifs is 2. The van der Waals surface area contributed by atoms with Gasteiger partial charge in [0.15, 0.2) is 5.58 Å². The summed E-state index contributed by atoms with van der Waals surface area (Å²) in [5.41, 5.74) is 3.54. The minimum absolute atomic E-state index is 0.282. The van der Waals surface area contributed by atoms with Gasteiger partial charge >= 0.3 is 5.76 Å². The van der Waals surface area contributed by atoms with Crippen molar-refractivity contribution in [2.75, 3.05) is 5.32 Å². The Kier molecular flexibility index (Phi) is 2.65. The van der Waals surface area contributed by atoms with E-state index in [-0.39, 0.29) is 6.04 Å². The molecule has 0 bridgehead atoms. The van der Waals surface area contributed by atoms with E-state index in [1.54, 1.807) is 17.4 Å². The summed E-state index contributed by atoms with van der Waals surface area (Å²) in [5.74, 6) is -0.426. The molecule has 4 nitrogen and oxygen atoms in total. The van der Waals surface area contributed by atoms with E-state index in [1.807, 2.05) is 18.2 Å². The molecule has 0 fully saturated rings. The summed E-state index contributed by atoms with van der Waals surface area (Å²) in [6.45, 7) is 0. The van der Waals surface area contributed by atoms with Gasteiger partial charge in [-0.05, 0) is 42.7 Å². The Hall–Kier alpha value is -1.72. The Morgan fingerprint density at radius 2 is 2.30 bits per heavy atom. The van der Waals surface area contributed by atoms with E-state index < -0.39 is 5.76 Å². The van der Waals surface area contributed by atoms with Gasteiger partial charge in [-0.2, -0.15) is 0 Å². The van der Waals surface area contributed by atoms with E-state index in [4.69, 9.17) is 16.0 Å². The Morgan fingerprint density at radius 1 is 1.40 bits per heavy atom. The summed E-state index contributed by atoms with van der Waals surface area (Å²) in [4.78, 5) is 15.2. The van der Waals surface area contributed by atoms with Crippen molar-refractivity contribution in [2.45, 2.75) is 18.9 Å². The normalized spacial score (nSPS) is 17.6. The molecule has 3 aromatic rings. The van der Waals surface area contributed by atoms with Gasteiger partial charge in [0.05, 0.1) is 15.9 Å². The van der Waals surface area contributed by atoms with Gasteiger partial charge in [0.2, 0.25) is 0 Å². The third-order valence-electron chi connectivity index (χ3n) is 3.61. The van der Waals surface area contributed by atoms with Crippen LogP contribution < -0.4 is 11.1 Å². The number of nitrogens with one attached hydrogen (secondary N) is 2. The zero-order valence-corrected chi connectivity index (χ0v) is 12.0. The molecule has 20 heavy (non-hydrogen) atoms. The Labute approximate surface area is 123 Å². The van der Waals surface area contributed by atoms with Crippen LogP contribution in [0.3, 0.4) is 0 Å². The number of hydrogen-bond acceptors (Lipinski definition) is 4. The molecule has 0 radical (unpaired) electrons. The molecule has 0 aliphatic heterocycles. The fourth-order valence-corrected chi connectivity index (χ4v) is 4.08. The van der Waals surface area contributed by atoms with E-state index in [1.165, 1.54) is 10.4 Å². The second-order valence-electron chi connectivity index (χ2n) is 4.89. The summed E-state index contributed by atoms with van der Waals surface area (Å²) < 4.78 is 5.84. The number of aromatic amines is 1. The van der Waals surface area contributed by atoms with Crippen molar-refractivity contribution < 1.29 is 4.42 Å². The highest BCUT2D eigenvalue weighted by molar-refractivity contribution is 7.16. The molecule has 0 spiro atoms. The highest BCUT2D eigenvalue weighted by Gasteiger charge is 2.25. The molecule has 1 aromatic carbocycles. The fourth-order valence-electron chi connectivity index (χ4n) is 2.72. The Bertz CT molecular complexity index is 848. The Morgan fingerprint density at radius 3 is 3.20 bits per heavy atom. The topological polar surface area (TPSA) is 58.0 Å². The first kappa shape index (κ1) is 12.1. The maximum Gasteiger partial charge on any atom is 0.417 e. The van der Waals surface area contributed by atoms with Gasteiger partial charge in [0.25, 0.3) is 0 Å². The monoisotopic (exact) mass is 306 g/mol. The summed E-state index contributed by atoms with van der Waals surface area (Å²) in [6, 6.07) is 7.94. The van der Waals surface area contributed by atoms with Gasteiger partial charge < -0.3 is 9.73 Å². The van der Waals surface area contributed by atoms with Crippen molar-refractivity contribution in [2.24, 2.45) is 0 Å². The molecule has 0 saturated carbocycles. The summed E-state index contributed by atoms with van der Waals surface area (Å²) in [6.07, 6.45) is 2.13. The van der Waals surface area contributed by atoms with Crippen LogP contribution in [0.4, 0.5) is 5.69 Å². The average Bonchev–Trinajstić information content (AvgIpc) is 3.04. The van der Waals surface area contributed by atoms with Crippen molar-refractivity contribution >= 4 is 39.7 Å². The molecule has 102 valence electrons. The van der Waals surface area contributed by atoms with E-state index in [0.717, 1.165) is 22.9 Å². The van der Waals surface area contributed by atoms with E-state index in [9.17, 15) is 4.79 Å². The van der Waals surface area contributed by atoms with Crippen LogP contribution in [0, 0.1) is 0 Å². The highest BCUT2D eigenvalue weighted by atomic mass is 35.5. The zero-order chi connectivity index (χ0) is 13.7. The van der Waals surface area contributed by atoms with Crippen molar-refractivity contribution in [1.29, 1.82) is 0 Å². The lowest BCUT2D eigenvalue weighted by Crippen LogP contribution is -2.06. The minimum Gasteiger partial charge on any atom is -0.408 e. The molecule has 1 unspecified atom stereocenters. The second kappa shape index (κ2) is 4.40. The lowest BCUT2D eigenvalue weighted by molar-refractivity contribution is 0.555. The largest absolute Gasteiger partial charge is 0.417 e. The van der Waals surface area contributed by atoms with Gasteiger partial charge in [-0.25, -0.2) is 4.79 Å². The number of rotatable bonds is 2. The van der Waals surface area contributed by atoms with Gasteiger partial charge in [-0.3, -0.25) is 4.98 Å². The van der Waals surface area contributed by atoms with Crippen LogP contribution in [-0.2, 0) is 6.42 Å². The predicted molar refractivity (Wildman–Crippen MR) is 80.8 cm³/mol. The number of H-pyrrole nitrogens is 1. The van der Waals surface area contributed by atoms with Crippen molar-refractivity contribution in [1.82, 2.24) is 4.98 Å². The molecule has 0 saturated heterocycles. The average molecular weight is 307 g/mol. The third-order valence-corrected chi connectivity index (χ3v) is 4.95. The van der Waals surface area contributed by atoms with Crippen LogP contribution in [0.2, 0.25) is 4.34 Å². The molecule has 6 heteroatoms. The maximum atomic E-state index is 11.2. The SMILES string of the molecule is O=c1[nH]c2cc(NC3CCc4sc(Cl)cc43)ccc2o1. The van der Waals surface area contributed by atoms with Crippen molar-refractivity contribution in [3.05, 3.63) is 49.6 Å². The molecule has 1 aliphatic carbocycles. The molecule has 1 atom stereocenters. The molecular formula is C14H11ClN2O2S. The van der Waals surface area contributed by atoms with E-state index in [0.29, 0.717) is 11.1 Å². The maximum absolute atomic E-state index is 11.2. The van der Waals surface area contributed by atoms with Gasteiger partial charge in [-0.15, -0.1) is 11.3 Å². The number of halogens is 1. The van der Waals surface area contributed by atoms with Crippen LogP contribution >= 0.6 is 22.9 Å². The van der Waals surface area contributed by atoms with E-state index >= 15 is 0 Å². The van der Waals surface area contributed by atoms with Crippen LogP contribution in [-0.4, -0.2) is 4.98 Å². The summed E-state index contributed by atoms with van der Waals surface area (Å²) >= 11 is 7.73. The molecule has 4 rings (SSSR count). The van der Waals surface area contributed by atoms with Crippen molar-refractivity contribution in [3.63, 3.8) is 0 Å². The number of thiophene rings is 1. The van der Waals surface area contributed by atoms with Crippen LogP contribution in [0.25, 0.3) is 11.1 Å². The first-order valence-corrected chi connectivity index (χ1v) is 7.56. The van der Waals surface area contributed by atoms with Gasteiger partial charge in [0.1, 0.15) is 0 Å². The number of oxazole rings is 1. The third kappa shape index (κ3) is 1.94. The van der Waals surface area contributed by atoms with Crippen LogP contribution in [0.15, 0.2) is 33.5 Å². The number of aromatic nitrogens is 1. The smallest absolute Gasteiger partial charge is 0.408 e. The highest BCUT2D eigenvalue weighted by Crippen LogP contribution is 2.41. The van der Waals surface area contributed by atoms with Gasteiger partial charge in [-0.1, -0.05) is 11.6 Å². The fraction of sp³-hybridized carbons (Fsp3) is 0.214.